The number of hydrogen-bond acceptors (Lipinski definition) is 3. The third kappa shape index (κ3) is 5.45. The minimum Gasteiger partial charge on any atom is -0.494 e. The number of hydrogen-bond donors (Lipinski definition) is 1. The Morgan fingerprint density at radius 3 is 2.56 bits per heavy atom. The van der Waals surface area contributed by atoms with Crippen LogP contribution in [0.2, 0.25) is 0 Å². The van der Waals surface area contributed by atoms with E-state index in [0.717, 1.165) is 29.7 Å². The van der Waals surface area contributed by atoms with Gasteiger partial charge in [0, 0.05) is 24.5 Å². The smallest absolute Gasteiger partial charge is 0.251 e. The zero-order valence-corrected chi connectivity index (χ0v) is 15.6. The molecule has 0 unspecified atom stereocenters. The molecular formula is C22H25N3O2. The Hall–Kier alpha value is -3.08. The van der Waals surface area contributed by atoms with Crippen LogP contribution in [0.4, 0.5) is 0 Å². The van der Waals surface area contributed by atoms with Gasteiger partial charge in [-0.2, -0.15) is 5.10 Å². The summed E-state index contributed by atoms with van der Waals surface area (Å²) in [5.74, 6) is 0.702. The Bertz CT molecular complexity index is 842. The molecule has 3 aromatic rings. The molecular weight excluding hydrogens is 338 g/mol. The summed E-state index contributed by atoms with van der Waals surface area (Å²) in [7, 11) is 0. The number of carbonyl (C=O) groups excluding carboxylic acids is 1. The molecule has 0 aliphatic heterocycles. The van der Waals surface area contributed by atoms with Gasteiger partial charge in [0.2, 0.25) is 0 Å². The number of amides is 1. The maximum atomic E-state index is 12.4. The molecule has 0 radical (unpaired) electrons. The lowest BCUT2D eigenvalue weighted by Gasteiger charge is -2.11. The first-order valence-electron chi connectivity index (χ1n) is 9.31. The van der Waals surface area contributed by atoms with Crippen LogP contribution in [0.3, 0.4) is 0 Å². The van der Waals surface area contributed by atoms with E-state index in [4.69, 9.17) is 4.74 Å². The second kappa shape index (κ2) is 9.57. The topological polar surface area (TPSA) is 56.1 Å². The molecule has 140 valence electrons. The summed E-state index contributed by atoms with van der Waals surface area (Å²) in [6.45, 7) is 3.99. The first kappa shape index (κ1) is 18.7. The molecule has 2 aromatic carbocycles. The number of unbranched alkanes of at least 4 members (excludes halogenated alkanes) is 1. The van der Waals surface area contributed by atoms with Crippen LogP contribution in [0.15, 0.2) is 67.0 Å². The fraction of sp³-hybridized carbons (Fsp3) is 0.273. The SMILES string of the molecule is CCCCOc1ccc(C(=O)NCc2ccccc2Cn2cccn2)cc1. The van der Waals surface area contributed by atoms with Gasteiger partial charge in [0.05, 0.1) is 13.2 Å². The second-order valence-corrected chi connectivity index (χ2v) is 6.38. The predicted octanol–water partition coefficient (Wildman–Crippen LogP) is 4.04. The number of carbonyl (C=O) groups is 1. The van der Waals surface area contributed by atoms with Gasteiger partial charge < -0.3 is 10.1 Å². The molecule has 0 spiro atoms. The van der Waals surface area contributed by atoms with Crippen LogP contribution in [0.1, 0.15) is 41.3 Å². The zero-order valence-electron chi connectivity index (χ0n) is 15.6. The summed E-state index contributed by atoms with van der Waals surface area (Å²) >= 11 is 0. The van der Waals surface area contributed by atoms with Gasteiger partial charge in [-0.1, -0.05) is 37.6 Å². The number of rotatable bonds is 9. The van der Waals surface area contributed by atoms with Crippen molar-refractivity contribution >= 4 is 5.91 Å². The Morgan fingerprint density at radius 1 is 1.07 bits per heavy atom. The first-order chi connectivity index (χ1) is 13.3. The number of aromatic nitrogens is 2. The quantitative estimate of drug-likeness (QED) is 0.584. The molecule has 5 heteroatoms. The normalized spacial score (nSPS) is 10.6. The Morgan fingerprint density at radius 2 is 1.85 bits per heavy atom. The minimum atomic E-state index is -0.0935. The highest BCUT2D eigenvalue weighted by Gasteiger charge is 2.08. The van der Waals surface area contributed by atoms with Crippen molar-refractivity contribution in [2.24, 2.45) is 0 Å². The van der Waals surface area contributed by atoms with Crippen molar-refractivity contribution in [3.8, 4) is 5.75 Å². The van der Waals surface area contributed by atoms with Crippen molar-refractivity contribution in [2.75, 3.05) is 6.61 Å². The van der Waals surface area contributed by atoms with Crippen LogP contribution in [-0.4, -0.2) is 22.3 Å². The van der Waals surface area contributed by atoms with Gasteiger partial charge in [-0.25, -0.2) is 0 Å². The van der Waals surface area contributed by atoms with E-state index in [0.29, 0.717) is 25.3 Å². The molecule has 0 aliphatic rings. The Kier molecular flexibility index (Phi) is 6.63. The maximum Gasteiger partial charge on any atom is 0.251 e. The molecule has 1 aromatic heterocycles. The number of ether oxygens (including phenoxy) is 1. The molecule has 1 N–H and O–H groups in total. The lowest BCUT2D eigenvalue weighted by atomic mass is 10.1. The molecule has 0 bridgehead atoms. The molecule has 3 rings (SSSR count). The number of nitrogens with zero attached hydrogens (tertiary/aromatic N) is 2. The fourth-order valence-corrected chi connectivity index (χ4v) is 2.77. The highest BCUT2D eigenvalue weighted by molar-refractivity contribution is 5.94. The van der Waals surface area contributed by atoms with Crippen molar-refractivity contribution in [1.82, 2.24) is 15.1 Å². The molecule has 27 heavy (non-hydrogen) atoms. The Labute approximate surface area is 160 Å². The lowest BCUT2D eigenvalue weighted by molar-refractivity contribution is 0.0951. The average Bonchev–Trinajstić information content (AvgIpc) is 3.21. The number of nitrogens with one attached hydrogen (secondary N) is 1. The Balaban J connectivity index is 1.57. The first-order valence-corrected chi connectivity index (χ1v) is 9.31. The van der Waals surface area contributed by atoms with Gasteiger partial charge in [-0.15, -0.1) is 0 Å². The van der Waals surface area contributed by atoms with Gasteiger partial charge in [-0.05, 0) is 47.9 Å². The predicted molar refractivity (Wildman–Crippen MR) is 106 cm³/mol. The highest BCUT2D eigenvalue weighted by Crippen LogP contribution is 2.14. The zero-order chi connectivity index (χ0) is 18.9. The van der Waals surface area contributed by atoms with Crippen LogP contribution >= 0.6 is 0 Å². The molecule has 5 nitrogen and oxygen atoms in total. The van der Waals surface area contributed by atoms with E-state index >= 15 is 0 Å². The molecule has 1 amide bonds. The van der Waals surface area contributed by atoms with E-state index < -0.39 is 0 Å². The largest absolute Gasteiger partial charge is 0.494 e. The molecule has 0 saturated heterocycles. The van der Waals surface area contributed by atoms with Crippen molar-refractivity contribution < 1.29 is 9.53 Å². The van der Waals surface area contributed by atoms with Gasteiger partial charge in [0.25, 0.3) is 5.91 Å². The summed E-state index contributed by atoms with van der Waals surface area (Å²) in [6, 6.07) is 17.3. The fourth-order valence-electron chi connectivity index (χ4n) is 2.77. The third-order valence-corrected chi connectivity index (χ3v) is 4.33. The van der Waals surface area contributed by atoms with Crippen molar-refractivity contribution in [1.29, 1.82) is 0 Å². The molecule has 1 heterocycles. The monoisotopic (exact) mass is 363 g/mol. The summed E-state index contributed by atoms with van der Waals surface area (Å²) < 4.78 is 7.51. The molecule has 0 fully saturated rings. The van der Waals surface area contributed by atoms with Crippen molar-refractivity contribution in [3.63, 3.8) is 0 Å². The van der Waals surface area contributed by atoms with E-state index in [1.54, 1.807) is 18.3 Å². The standard InChI is InChI=1S/C22H25N3O2/c1-2-3-15-27-21-11-9-18(10-12-21)22(26)23-16-19-7-4-5-8-20(19)17-25-14-6-13-24-25/h4-14H,2-3,15-17H2,1H3,(H,23,26). The summed E-state index contributed by atoms with van der Waals surface area (Å²) in [6.07, 6.45) is 5.82. The van der Waals surface area contributed by atoms with Gasteiger partial charge in [-0.3, -0.25) is 9.48 Å². The van der Waals surface area contributed by atoms with E-state index in [9.17, 15) is 4.79 Å². The van der Waals surface area contributed by atoms with Crippen LogP contribution < -0.4 is 10.1 Å². The van der Waals surface area contributed by atoms with Gasteiger partial charge >= 0.3 is 0 Å². The van der Waals surface area contributed by atoms with Crippen LogP contribution in [0.5, 0.6) is 5.75 Å². The van der Waals surface area contributed by atoms with Gasteiger partial charge in [0.1, 0.15) is 5.75 Å². The van der Waals surface area contributed by atoms with Crippen LogP contribution in [0, 0.1) is 0 Å². The van der Waals surface area contributed by atoms with E-state index in [-0.39, 0.29) is 5.91 Å². The van der Waals surface area contributed by atoms with Crippen molar-refractivity contribution in [3.05, 3.63) is 83.7 Å². The second-order valence-electron chi connectivity index (χ2n) is 6.38. The molecule has 0 aliphatic carbocycles. The minimum absolute atomic E-state index is 0.0935. The van der Waals surface area contributed by atoms with E-state index in [2.05, 4.69) is 23.4 Å². The highest BCUT2D eigenvalue weighted by atomic mass is 16.5. The van der Waals surface area contributed by atoms with Crippen LogP contribution in [-0.2, 0) is 13.1 Å². The maximum absolute atomic E-state index is 12.4. The van der Waals surface area contributed by atoms with E-state index in [1.807, 2.05) is 47.3 Å². The average molecular weight is 363 g/mol. The summed E-state index contributed by atoms with van der Waals surface area (Å²) in [4.78, 5) is 12.4. The molecule has 0 atom stereocenters. The number of benzene rings is 2. The van der Waals surface area contributed by atoms with Crippen LogP contribution in [0.25, 0.3) is 0 Å². The summed E-state index contributed by atoms with van der Waals surface area (Å²) in [5, 5.41) is 7.25. The molecule has 0 saturated carbocycles. The van der Waals surface area contributed by atoms with Crippen molar-refractivity contribution in [2.45, 2.75) is 32.9 Å². The van der Waals surface area contributed by atoms with E-state index in [1.165, 1.54) is 0 Å². The lowest BCUT2D eigenvalue weighted by Crippen LogP contribution is -2.23. The summed E-state index contributed by atoms with van der Waals surface area (Å²) in [5.41, 5.74) is 2.85. The third-order valence-electron chi connectivity index (χ3n) is 4.33. The van der Waals surface area contributed by atoms with Gasteiger partial charge in [0.15, 0.2) is 0 Å².